The molecule has 0 spiro atoms. The second kappa shape index (κ2) is 5.12. The molecular weight excluding hydrogens is 252 g/mol. The van der Waals surface area contributed by atoms with Crippen LogP contribution in [0.3, 0.4) is 0 Å². The molecule has 20 heavy (non-hydrogen) atoms. The minimum Gasteiger partial charge on any atom is -0.338 e. The van der Waals surface area contributed by atoms with Gasteiger partial charge in [0.05, 0.1) is 0 Å². The molecule has 1 aliphatic heterocycles. The topological polar surface area (TPSA) is 53.2 Å². The standard InChI is InChI=1S/C16H18N2O2/c1-11-6-8-18(9-7-11)16(20)13-10-12-4-2-3-5-14(12)17-15(13)19/h2-5,10-11H,6-9H2,1H3,(H,17,19). The van der Waals surface area contributed by atoms with E-state index in [-0.39, 0.29) is 17.0 Å². The molecule has 0 saturated carbocycles. The molecule has 0 radical (unpaired) electrons. The van der Waals surface area contributed by atoms with Crippen molar-refractivity contribution in [1.29, 1.82) is 0 Å². The van der Waals surface area contributed by atoms with E-state index in [0.717, 1.165) is 36.8 Å². The van der Waals surface area contributed by atoms with Gasteiger partial charge in [-0.05, 0) is 36.3 Å². The van der Waals surface area contributed by atoms with Gasteiger partial charge >= 0.3 is 0 Å². The number of benzene rings is 1. The van der Waals surface area contributed by atoms with Gasteiger partial charge in [0.25, 0.3) is 11.5 Å². The van der Waals surface area contributed by atoms with Crippen molar-refractivity contribution in [2.24, 2.45) is 5.92 Å². The molecule has 0 aliphatic carbocycles. The van der Waals surface area contributed by atoms with E-state index in [1.165, 1.54) is 0 Å². The second-order valence-electron chi connectivity index (χ2n) is 5.57. The van der Waals surface area contributed by atoms with Crippen LogP contribution in [0.1, 0.15) is 30.1 Å². The number of fused-ring (bicyclic) bond motifs is 1. The van der Waals surface area contributed by atoms with Gasteiger partial charge in [0.1, 0.15) is 5.56 Å². The molecule has 3 rings (SSSR count). The number of nitrogens with one attached hydrogen (secondary N) is 1. The first-order valence-electron chi connectivity index (χ1n) is 7.06. The highest BCUT2D eigenvalue weighted by atomic mass is 16.2. The molecule has 1 N–H and O–H groups in total. The van der Waals surface area contributed by atoms with Crippen molar-refractivity contribution in [1.82, 2.24) is 9.88 Å². The molecule has 2 heterocycles. The third-order valence-corrected chi connectivity index (χ3v) is 4.05. The van der Waals surface area contributed by atoms with Gasteiger partial charge in [-0.1, -0.05) is 25.1 Å². The summed E-state index contributed by atoms with van der Waals surface area (Å²) in [5, 5.41) is 0.890. The quantitative estimate of drug-likeness (QED) is 0.865. The van der Waals surface area contributed by atoms with Crippen molar-refractivity contribution < 1.29 is 4.79 Å². The second-order valence-corrected chi connectivity index (χ2v) is 5.57. The summed E-state index contributed by atoms with van der Waals surface area (Å²) in [6.07, 6.45) is 2.02. The fraction of sp³-hybridized carbons (Fsp3) is 0.375. The summed E-state index contributed by atoms with van der Waals surface area (Å²) in [4.78, 5) is 29.1. The van der Waals surface area contributed by atoms with Gasteiger partial charge in [-0.15, -0.1) is 0 Å². The van der Waals surface area contributed by atoms with Crippen LogP contribution in [-0.2, 0) is 0 Å². The molecule has 1 aromatic heterocycles. The number of hydrogen-bond acceptors (Lipinski definition) is 2. The number of nitrogens with zero attached hydrogens (tertiary/aromatic N) is 1. The van der Waals surface area contributed by atoms with Crippen LogP contribution in [0.25, 0.3) is 10.9 Å². The highest BCUT2D eigenvalue weighted by Crippen LogP contribution is 2.18. The first-order chi connectivity index (χ1) is 9.65. The molecule has 4 heteroatoms. The van der Waals surface area contributed by atoms with E-state index in [9.17, 15) is 9.59 Å². The molecule has 2 aromatic rings. The Balaban J connectivity index is 1.95. The number of H-pyrrole nitrogens is 1. The van der Waals surface area contributed by atoms with Crippen LogP contribution < -0.4 is 5.56 Å². The summed E-state index contributed by atoms with van der Waals surface area (Å²) in [5.74, 6) is 0.512. The Hall–Kier alpha value is -2.10. The van der Waals surface area contributed by atoms with Gasteiger partial charge in [0.15, 0.2) is 0 Å². The maximum absolute atomic E-state index is 12.5. The predicted molar refractivity (Wildman–Crippen MR) is 78.9 cm³/mol. The van der Waals surface area contributed by atoms with Gasteiger partial charge < -0.3 is 9.88 Å². The molecule has 1 aliphatic rings. The molecule has 0 bridgehead atoms. The van der Waals surface area contributed by atoms with E-state index < -0.39 is 0 Å². The first-order valence-corrected chi connectivity index (χ1v) is 7.06. The number of piperidine rings is 1. The number of carbonyl (C=O) groups is 1. The van der Waals surface area contributed by atoms with E-state index in [2.05, 4.69) is 11.9 Å². The summed E-state index contributed by atoms with van der Waals surface area (Å²) in [5.41, 5.74) is 0.715. The Morgan fingerprint density at radius 3 is 2.70 bits per heavy atom. The van der Waals surface area contributed by atoms with Gasteiger partial charge in [-0.25, -0.2) is 0 Å². The summed E-state index contributed by atoms with van der Waals surface area (Å²) < 4.78 is 0. The maximum Gasteiger partial charge on any atom is 0.261 e. The summed E-state index contributed by atoms with van der Waals surface area (Å²) >= 11 is 0. The Morgan fingerprint density at radius 2 is 1.95 bits per heavy atom. The molecule has 104 valence electrons. The van der Waals surface area contributed by atoms with Crippen molar-refractivity contribution in [3.63, 3.8) is 0 Å². The number of carbonyl (C=O) groups excluding carboxylic acids is 1. The number of amides is 1. The number of rotatable bonds is 1. The third-order valence-electron chi connectivity index (χ3n) is 4.05. The Bertz CT molecular complexity index is 697. The van der Waals surface area contributed by atoms with Crippen LogP contribution in [0.2, 0.25) is 0 Å². The Morgan fingerprint density at radius 1 is 1.25 bits per heavy atom. The number of pyridine rings is 1. The Kier molecular flexibility index (Phi) is 3.30. The molecule has 4 nitrogen and oxygen atoms in total. The lowest BCUT2D eigenvalue weighted by Crippen LogP contribution is -2.40. The molecule has 0 unspecified atom stereocenters. The number of para-hydroxylation sites is 1. The molecule has 1 aromatic carbocycles. The highest BCUT2D eigenvalue weighted by molar-refractivity contribution is 5.97. The third kappa shape index (κ3) is 2.33. The van der Waals surface area contributed by atoms with Crippen LogP contribution in [0.5, 0.6) is 0 Å². The van der Waals surface area contributed by atoms with Crippen LogP contribution >= 0.6 is 0 Å². The summed E-state index contributed by atoms with van der Waals surface area (Å²) in [6.45, 7) is 3.68. The zero-order valence-corrected chi connectivity index (χ0v) is 11.6. The van der Waals surface area contributed by atoms with E-state index >= 15 is 0 Å². The van der Waals surface area contributed by atoms with Crippen LogP contribution in [-0.4, -0.2) is 28.9 Å². The zero-order chi connectivity index (χ0) is 14.1. The van der Waals surface area contributed by atoms with Gasteiger partial charge in [-0.3, -0.25) is 9.59 Å². The highest BCUT2D eigenvalue weighted by Gasteiger charge is 2.23. The van der Waals surface area contributed by atoms with Crippen molar-refractivity contribution in [3.05, 3.63) is 46.2 Å². The lowest BCUT2D eigenvalue weighted by atomic mass is 9.98. The van der Waals surface area contributed by atoms with Crippen molar-refractivity contribution in [3.8, 4) is 0 Å². The van der Waals surface area contributed by atoms with Crippen LogP contribution in [0, 0.1) is 5.92 Å². The average Bonchev–Trinajstić information content (AvgIpc) is 2.46. The van der Waals surface area contributed by atoms with E-state index in [0.29, 0.717) is 5.92 Å². The fourth-order valence-electron chi connectivity index (χ4n) is 2.69. The van der Waals surface area contributed by atoms with Gasteiger partial charge in [-0.2, -0.15) is 0 Å². The van der Waals surface area contributed by atoms with E-state index in [1.54, 1.807) is 11.0 Å². The predicted octanol–water partition coefficient (Wildman–Crippen LogP) is 2.40. The molecule has 1 amide bonds. The summed E-state index contributed by atoms with van der Waals surface area (Å²) in [6, 6.07) is 9.21. The molecular formula is C16H18N2O2. The van der Waals surface area contributed by atoms with E-state index in [1.807, 2.05) is 24.3 Å². The molecule has 1 fully saturated rings. The molecule has 0 atom stereocenters. The lowest BCUT2D eigenvalue weighted by Gasteiger charge is -2.30. The zero-order valence-electron chi connectivity index (χ0n) is 11.6. The minimum absolute atomic E-state index is 0.149. The maximum atomic E-state index is 12.5. The van der Waals surface area contributed by atoms with Crippen LogP contribution in [0.15, 0.2) is 35.1 Å². The number of likely N-dealkylation sites (tertiary alicyclic amines) is 1. The van der Waals surface area contributed by atoms with Gasteiger partial charge in [0, 0.05) is 18.6 Å². The van der Waals surface area contributed by atoms with Crippen molar-refractivity contribution in [2.75, 3.05) is 13.1 Å². The van der Waals surface area contributed by atoms with E-state index in [4.69, 9.17) is 0 Å². The average molecular weight is 270 g/mol. The SMILES string of the molecule is CC1CCN(C(=O)c2cc3ccccc3[nH]c2=O)CC1. The van der Waals surface area contributed by atoms with Crippen molar-refractivity contribution in [2.45, 2.75) is 19.8 Å². The van der Waals surface area contributed by atoms with Crippen molar-refractivity contribution >= 4 is 16.8 Å². The lowest BCUT2D eigenvalue weighted by molar-refractivity contribution is 0.0695. The normalized spacial score (nSPS) is 16.6. The van der Waals surface area contributed by atoms with Crippen LogP contribution in [0.4, 0.5) is 0 Å². The Labute approximate surface area is 117 Å². The molecule has 1 saturated heterocycles. The summed E-state index contributed by atoms with van der Waals surface area (Å²) in [7, 11) is 0. The largest absolute Gasteiger partial charge is 0.338 e. The number of aromatic amines is 1. The smallest absolute Gasteiger partial charge is 0.261 e. The first kappa shape index (κ1) is 12.9. The number of aromatic nitrogens is 1. The van der Waals surface area contributed by atoms with Gasteiger partial charge in [0.2, 0.25) is 0 Å². The monoisotopic (exact) mass is 270 g/mol. The fourth-order valence-corrected chi connectivity index (χ4v) is 2.69. The number of hydrogen-bond donors (Lipinski definition) is 1. The minimum atomic E-state index is -0.299.